The third-order valence-corrected chi connectivity index (χ3v) is 3.82. The Hall–Kier alpha value is -2.68. The van der Waals surface area contributed by atoms with Crippen LogP contribution in [-0.2, 0) is 14.1 Å². The fraction of sp³-hybridized carbons (Fsp3) is 0.143. The summed E-state index contributed by atoms with van der Waals surface area (Å²) in [6.45, 7) is 0. The van der Waals surface area contributed by atoms with E-state index in [0.29, 0.717) is 0 Å². The number of imidazole rings is 1. The van der Waals surface area contributed by atoms with Gasteiger partial charge in [-0.2, -0.15) is 10.1 Å². The van der Waals surface area contributed by atoms with Crippen molar-refractivity contribution in [3.8, 4) is 0 Å². The van der Waals surface area contributed by atoms with E-state index in [1.165, 1.54) is 11.6 Å². The summed E-state index contributed by atoms with van der Waals surface area (Å²) in [4.78, 5) is 30.9. The van der Waals surface area contributed by atoms with Crippen LogP contribution in [0.2, 0.25) is 0 Å². The predicted octanol–water partition coefficient (Wildman–Crippen LogP) is 1.17. The highest BCUT2D eigenvalue weighted by Gasteiger charge is 2.12. The van der Waals surface area contributed by atoms with Gasteiger partial charge >= 0.3 is 5.69 Å². The van der Waals surface area contributed by atoms with Crippen molar-refractivity contribution in [2.24, 2.45) is 19.2 Å². The number of H-pyrrole nitrogens is 1. The molecule has 23 heavy (non-hydrogen) atoms. The van der Waals surface area contributed by atoms with E-state index in [9.17, 15) is 9.59 Å². The molecule has 2 aromatic heterocycles. The maximum atomic E-state index is 12.1. The summed E-state index contributed by atoms with van der Waals surface area (Å²) in [6.07, 6.45) is 1.62. The lowest BCUT2D eigenvalue weighted by molar-refractivity contribution is 0.709. The molecule has 3 aromatic rings. The van der Waals surface area contributed by atoms with Crippen LogP contribution in [0.1, 0.15) is 5.56 Å². The van der Waals surface area contributed by atoms with Crippen molar-refractivity contribution in [2.75, 3.05) is 5.43 Å². The first kappa shape index (κ1) is 15.2. The van der Waals surface area contributed by atoms with Gasteiger partial charge in [-0.25, -0.2) is 10.2 Å². The Bertz CT molecular complexity index is 1030. The second-order valence-corrected chi connectivity index (χ2v) is 5.83. The highest BCUT2D eigenvalue weighted by molar-refractivity contribution is 9.10. The first-order chi connectivity index (χ1) is 11.0. The molecular weight excluding hydrogens is 364 g/mol. The van der Waals surface area contributed by atoms with Crippen LogP contribution in [-0.4, -0.2) is 25.3 Å². The van der Waals surface area contributed by atoms with Crippen LogP contribution in [0.25, 0.3) is 11.2 Å². The summed E-state index contributed by atoms with van der Waals surface area (Å²) in [5.41, 5.74) is 3.27. The molecule has 3 rings (SSSR count). The van der Waals surface area contributed by atoms with Gasteiger partial charge in [-0.05, 0) is 17.7 Å². The molecular formula is C14H13BrN6O2. The van der Waals surface area contributed by atoms with Gasteiger partial charge in [0.15, 0.2) is 11.2 Å². The van der Waals surface area contributed by atoms with Crippen molar-refractivity contribution in [3.05, 3.63) is 55.1 Å². The summed E-state index contributed by atoms with van der Waals surface area (Å²) >= 11 is 3.38. The average molecular weight is 377 g/mol. The normalized spacial score (nSPS) is 11.4. The highest BCUT2D eigenvalue weighted by atomic mass is 79.9. The Labute approximate surface area is 138 Å². The van der Waals surface area contributed by atoms with Crippen molar-refractivity contribution in [1.82, 2.24) is 19.1 Å². The monoisotopic (exact) mass is 376 g/mol. The first-order valence-electron chi connectivity index (χ1n) is 6.68. The minimum absolute atomic E-state index is 0.245. The van der Waals surface area contributed by atoms with Crippen LogP contribution in [0, 0.1) is 0 Å². The van der Waals surface area contributed by atoms with Crippen molar-refractivity contribution in [2.45, 2.75) is 0 Å². The third-order valence-electron chi connectivity index (χ3n) is 3.33. The molecule has 0 saturated heterocycles. The molecule has 0 spiro atoms. The summed E-state index contributed by atoms with van der Waals surface area (Å²) < 4.78 is 3.27. The number of hydrogen-bond donors (Lipinski definition) is 2. The molecule has 8 nitrogen and oxygen atoms in total. The largest absolute Gasteiger partial charge is 0.332 e. The van der Waals surface area contributed by atoms with Crippen LogP contribution in [0.3, 0.4) is 0 Å². The molecule has 0 aliphatic carbocycles. The van der Waals surface area contributed by atoms with Gasteiger partial charge < -0.3 is 4.98 Å². The number of rotatable bonds is 3. The number of anilines is 1. The molecule has 9 heteroatoms. The number of fused-ring (bicyclic) bond motifs is 1. The molecule has 0 fully saturated rings. The van der Waals surface area contributed by atoms with Crippen LogP contribution in [0.5, 0.6) is 0 Å². The zero-order valence-corrected chi connectivity index (χ0v) is 14.0. The lowest BCUT2D eigenvalue weighted by Gasteiger charge is -2.00. The molecule has 0 unspecified atom stereocenters. The number of aromatic amines is 1. The minimum Gasteiger partial charge on any atom is -0.317 e. The lowest BCUT2D eigenvalue weighted by atomic mass is 10.2. The Morgan fingerprint density at radius 1 is 1.30 bits per heavy atom. The van der Waals surface area contributed by atoms with Crippen LogP contribution in [0.4, 0.5) is 5.95 Å². The van der Waals surface area contributed by atoms with Crippen molar-refractivity contribution < 1.29 is 0 Å². The molecule has 118 valence electrons. The molecule has 0 bridgehead atoms. The Morgan fingerprint density at radius 2 is 2.09 bits per heavy atom. The number of aromatic nitrogens is 4. The van der Waals surface area contributed by atoms with Crippen molar-refractivity contribution in [3.63, 3.8) is 0 Å². The van der Waals surface area contributed by atoms with E-state index in [0.717, 1.165) is 14.6 Å². The molecule has 2 N–H and O–H groups in total. The molecule has 0 radical (unpaired) electrons. The van der Waals surface area contributed by atoms with Crippen molar-refractivity contribution >= 4 is 39.3 Å². The van der Waals surface area contributed by atoms with E-state index >= 15 is 0 Å². The number of aryl methyl sites for hydroxylation is 1. The molecule has 0 aliphatic rings. The van der Waals surface area contributed by atoms with Gasteiger partial charge in [0.2, 0.25) is 5.95 Å². The minimum atomic E-state index is -0.432. The van der Waals surface area contributed by atoms with Crippen molar-refractivity contribution in [1.29, 1.82) is 0 Å². The first-order valence-corrected chi connectivity index (χ1v) is 7.47. The van der Waals surface area contributed by atoms with E-state index in [-0.39, 0.29) is 17.1 Å². The van der Waals surface area contributed by atoms with Gasteiger partial charge in [0.25, 0.3) is 5.56 Å². The summed E-state index contributed by atoms with van der Waals surface area (Å²) in [6, 6.07) is 7.61. The van der Waals surface area contributed by atoms with Gasteiger partial charge in [0.1, 0.15) is 0 Å². The number of nitrogens with zero attached hydrogens (tertiary/aromatic N) is 4. The topological polar surface area (TPSA) is 97.1 Å². The molecule has 2 heterocycles. The number of hydrogen-bond acceptors (Lipinski definition) is 5. The second kappa shape index (κ2) is 5.84. The molecule has 0 atom stereocenters. The number of nitrogens with one attached hydrogen (secondary N) is 2. The molecule has 0 saturated carbocycles. The van der Waals surface area contributed by atoms with Gasteiger partial charge in [-0.1, -0.05) is 28.1 Å². The van der Waals surface area contributed by atoms with Crippen LogP contribution >= 0.6 is 15.9 Å². The summed E-state index contributed by atoms with van der Waals surface area (Å²) in [7, 11) is 2.98. The van der Waals surface area contributed by atoms with Gasteiger partial charge in [0.05, 0.1) is 6.21 Å². The van der Waals surface area contributed by atoms with E-state index < -0.39 is 11.2 Å². The molecule has 1 aromatic carbocycles. The summed E-state index contributed by atoms with van der Waals surface area (Å²) in [5.74, 6) is 0.282. The zero-order chi connectivity index (χ0) is 16.6. The molecule has 0 aliphatic heterocycles. The number of halogens is 1. The number of benzene rings is 1. The third kappa shape index (κ3) is 2.82. The van der Waals surface area contributed by atoms with E-state index in [1.807, 2.05) is 24.3 Å². The SMILES string of the molecule is Cn1c(=O)c2[nH]c(N/N=C\c3cccc(Br)c3)nc2n(C)c1=O. The number of hydrazone groups is 1. The van der Waals surface area contributed by atoms with Crippen LogP contribution in [0.15, 0.2) is 43.4 Å². The second-order valence-electron chi connectivity index (χ2n) is 4.91. The van der Waals surface area contributed by atoms with E-state index in [4.69, 9.17) is 0 Å². The zero-order valence-electron chi connectivity index (χ0n) is 12.4. The predicted molar refractivity (Wildman–Crippen MR) is 91.9 cm³/mol. The fourth-order valence-corrected chi connectivity index (χ4v) is 2.55. The van der Waals surface area contributed by atoms with E-state index in [2.05, 4.69) is 36.4 Å². The Morgan fingerprint density at radius 3 is 2.83 bits per heavy atom. The standard InChI is InChI=1S/C14H13BrN6O2/c1-20-11-10(12(22)21(2)14(20)23)17-13(18-11)19-16-7-8-4-3-5-9(15)6-8/h3-7H,1-2H3,(H2,17,18,19)/b16-7-. The average Bonchev–Trinajstić information content (AvgIpc) is 2.95. The van der Waals surface area contributed by atoms with E-state index in [1.54, 1.807) is 13.3 Å². The Balaban J connectivity index is 1.93. The van der Waals surface area contributed by atoms with Gasteiger partial charge in [-0.15, -0.1) is 0 Å². The van der Waals surface area contributed by atoms with Gasteiger partial charge in [-0.3, -0.25) is 13.9 Å². The smallest absolute Gasteiger partial charge is 0.317 e. The molecule has 0 amide bonds. The fourth-order valence-electron chi connectivity index (χ4n) is 2.13. The quantitative estimate of drug-likeness (QED) is 0.529. The summed E-state index contributed by atoms with van der Waals surface area (Å²) in [5, 5.41) is 4.07. The van der Waals surface area contributed by atoms with Crippen LogP contribution < -0.4 is 16.7 Å². The highest BCUT2D eigenvalue weighted by Crippen LogP contribution is 2.11. The van der Waals surface area contributed by atoms with Gasteiger partial charge in [0, 0.05) is 18.6 Å². The maximum Gasteiger partial charge on any atom is 0.332 e. The lowest BCUT2D eigenvalue weighted by Crippen LogP contribution is -2.36. The maximum absolute atomic E-state index is 12.1. The Kier molecular flexibility index (Phi) is 3.87.